The van der Waals surface area contributed by atoms with E-state index in [2.05, 4.69) is 20.4 Å². The number of H-pyrrole nitrogens is 1. The van der Waals surface area contributed by atoms with E-state index in [1.54, 1.807) is 31.2 Å². The second kappa shape index (κ2) is 10.7. The SMILES string of the molecule is CCOC(=O)c1c[nH]c(C(N)=O)c1-c1ccc(NC(=O)Nc2ccc(OC(F)F)c(Cl)c2)cc1. The molecule has 0 spiro atoms. The Morgan fingerprint density at radius 1 is 1.09 bits per heavy atom. The Kier molecular flexibility index (Phi) is 7.69. The van der Waals surface area contributed by atoms with E-state index in [9.17, 15) is 23.2 Å². The second-order valence-electron chi connectivity index (χ2n) is 6.72. The number of ether oxygens (including phenoxy) is 2. The predicted molar refractivity (Wildman–Crippen MR) is 121 cm³/mol. The Hall–Kier alpha value is -4.12. The van der Waals surface area contributed by atoms with E-state index < -0.39 is 24.5 Å². The highest BCUT2D eigenvalue weighted by Gasteiger charge is 2.22. The minimum atomic E-state index is -3.03. The highest BCUT2D eigenvalue weighted by molar-refractivity contribution is 6.32. The summed E-state index contributed by atoms with van der Waals surface area (Å²) < 4.78 is 33.9. The van der Waals surface area contributed by atoms with Crippen molar-refractivity contribution >= 4 is 40.9 Å². The van der Waals surface area contributed by atoms with Gasteiger partial charge in [-0.05, 0) is 42.8 Å². The van der Waals surface area contributed by atoms with E-state index in [-0.39, 0.29) is 39.9 Å². The number of aromatic nitrogens is 1. The van der Waals surface area contributed by atoms with Crippen molar-refractivity contribution in [2.75, 3.05) is 17.2 Å². The van der Waals surface area contributed by atoms with Crippen molar-refractivity contribution in [3.8, 4) is 16.9 Å². The zero-order valence-corrected chi connectivity index (χ0v) is 18.4. The number of carbonyl (C=O) groups is 3. The third kappa shape index (κ3) is 5.81. The molecule has 0 aliphatic carbocycles. The van der Waals surface area contributed by atoms with Crippen LogP contribution < -0.4 is 21.1 Å². The first-order valence-corrected chi connectivity index (χ1v) is 10.2. The van der Waals surface area contributed by atoms with Gasteiger partial charge < -0.3 is 30.8 Å². The minimum Gasteiger partial charge on any atom is -0.462 e. The van der Waals surface area contributed by atoms with Crippen LogP contribution in [0.3, 0.4) is 0 Å². The summed E-state index contributed by atoms with van der Waals surface area (Å²) in [5, 5.41) is 5.00. The number of hydrogen-bond acceptors (Lipinski definition) is 5. The highest BCUT2D eigenvalue weighted by Crippen LogP contribution is 2.30. The number of rotatable bonds is 8. The summed E-state index contributed by atoms with van der Waals surface area (Å²) >= 11 is 5.87. The Morgan fingerprint density at radius 2 is 1.74 bits per heavy atom. The maximum atomic E-state index is 12.3. The molecule has 0 radical (unpaired) electrons. The van der Waals surface area contributed by atoms with Gasteiger partial charge in [-0.3, -0.25) is 4.79 Å². The number of amides is 3. The third-order valence-electron chi connectivity index (χ3n) is 4.46. The summed E-state index contributed by atoms with van der Waals surface area (Å²) in [7, 11) is 0. The summed E-state index contributed by atoms with van der Waals surface area (Å²) in [6.45, 7) is -1.22. The molecule has 3 rings (SSSR count). The first kappa shape index (κ1) is 24.5. The molecule has 0 bridgehead atoms. The first-order valence-electron chi connectivity index (χ1n) is 9.80. The summed E-state index contributed by atoms with van der Waals surface area (Å²) in [5.74, 6) is -1.59. The molecule has 3 amide bonds. The number of primary amides is 1. The lowest BCUT2D eigenvalue weighted by Gasteiger charge is -2.11. The molecule has 0 unspecified atom stereocenters. The number of esters is 1. The van der Waals surface area contributed by atoms with Gasteiger partial charge in [0.2, 0.25) is 0 Å². The zero-order valence-electron chi connectivity index (χ0n) is 17.7. The quantitative estimate of drug-likeness (QED) is 0.333. The Morgan fingerprint density at radius 3 is 2.32 bits per heavy atom. The number of aromatic amines is 1. The number of nitrogens with two attached hydrogens (primary N) is 1. The predicted octanol–water partition coefficient (Wildman–Crippen LogP) is 4.86. The van der Waals surface area contributed by atoms with Gasteiger partial charge in [0.05, 0.1) is 17.2 Å². The number of urea groups is 1. The van der Waals surface area contributed by atoms with Crippen molar-refractivity contribution in [2.45, 2.75) is 13.5 Å². The number of carbonyl (C=O) groups excluding carboxylic acids is 3. The average molecular weight is 493 g/mol. The number of halogens is 3. The normalized spacial score (nSPS) is 10.6. The summed E-state index contributed by atoms with van der Waals surface area (Å²) in [6, 6.07) is 9.45. The van der Waals surface area contributed by atoms with Crippen LogP contribution >= 0.6 is 11.6 Å². The van der Waals surface area contributed by atoms with Crippen LogP contribution in [0.15, 0.2) is 48.7 Å². The van der Waals surface area contributed by atoms with Crippen molar-refractivity contribution in [1.29, 1.82) is 0 Å². The third-order valence-corrected chi connectivity index (χ3v) is 4.75. The number of hydrogen-bond donors (Lipinski definition) is 4. The molecule has 1 aromatic heterocycles. The van der Waals surface area contributed by atoms with E-state index in [0.717, 1.165) is 0 Å². The lowest BCUT2D eigenvalue weighted by Crippen LogP contribution is -2.19. The second-order valence-corrected chi connectivity index (χ2v) is 7.12. The molecule has 0 aliphatic heterocycles. The van der Waals surface area contributed by atoms with Gasteiger partial charge in [-0.15, -0.1) is 0 Å². The lowest BCUT2D eigenvalue weighted by molar-refractivity contribution is -0.0497. The fraction of sp³-hybridized carbons (Fsp3) is 0.136. The number of anilines is 2. The fourth-order valence-corrected chi connectivity index (χ4v) is 3.30. The van der Waals surface area contributed by atoms with Crippen molar-refractivity contribution in [2.24, 2.45) is 5.73 Å². The molecule has 178 valence electrons. The van der Waals surface area contributed by atoms with E-state index in [1.165, 1.54) is 24.4 Å². The number of alkyl halides is 2. The maximum absolute atomic E-state index is 12.3. The van der Waals surface area contributed by atoms with E-state index in [1.807, 2.05) is 0 Å². The van der Waals surface area contributed by atoms with Crippen LogP contribution in [0.25, 0.3) is 11.1 Å². The maximum Gasteiger partial charge on any atom is 0.387 e. The molecule has 0 saturated heterocycles. The van der Waals surface area contributed by atoms with Crippen LogP contribution in [0.1, 0.15) is 27.8 Å². The van der Waals surface area contributed by atoms with Crippen LogP contribution in [-0.4, -0.2) is 36.1 Å². The van der Waals surface area contributed by atoms with Gasteiger partial charge in [0.15, 0.2) is 0 Å². The molecule has 0 fully saturated rings. The van der Waals surface area contributed by atoms with Gasteiger partial charge in [-0.1, -0.05) is 23.7 Å². The summed E-state index contributed by atoms with van der Waals surface area (Å²) in [6.07, 6.45) is 1.34. The lowest BCUT2D eigenvalue weighted by atomic mass is 10.0. The zero-order chi connectivity index (χ0) is 24.8. The topological polar surface area (TPSA) is 136 Å². The molecule has 5 N–H and O–H groups in total. The standard InChI is InChI=1S/C22H19ClF2N4O5/c1-2-33-20(31)14-10-27-18(19(26)30)17(14)11-3-5-12(6-4-11)28-22(32)29-13-7-8-16(15(23)9-13)34-21(24)25/h3-10,21,27H,2H2,1H3,(H2,26,30)(H2,28,29,32). The van der Waals surface area contributed by atoms with Crippen molar-refractivity contribution in [3.05, 3.63) is 64.9 Å². The monoisotopic (exact) mass is 492 g/mol. The summed E-state index contributed by atoms with van der Waals surface area (Å²) in [4.78, 5) is 39.0. The Labute approximate surface area is 197 Å². The van der Waals surface area contributed by atoms with Gasteiger partial charge in [0.1, 0.15) is 11.4 Å². The molecule has 3 aromatic rings. The van der Waals surface area contributed by atoms with Gasteiger partial charge in [-0.25, -0.2) is 9.59 Å². The average Bonchev–Trinajstić information content (AvgIpc) is 3.22. The molecular formula is C22H19ClF2N4O5. The number of benzene rings is 2. The largest absolute Gasteiger partial charge is 0.462 e. The van der Waals surface area contributed by atoms with E-state index >= 15 is 0 Å². The molecule has 0 aliphatic rings. The van der Waals surface area contributed by atoms with E-state index in [4.69, 9.17) is 22.1 Å². The van der Waals surface area contributed by atoms with Gasteiger partial charge >= 0.3 is 18.6 Å². The molecular weight excluding hydrogens is 474 g/mol. The van der Waals surface area contributed by atoms with Crippen LogP contribution in [-0.2, 0) is 4.74 Å². The molecule has 34 heavy (non-hydrogen) atoms. The highest BCUT2D eigenvalue weighted by atomic mass is 35.5. The summed E-state index contributed by atoms with van der Waals surface area (Å²) in [5.41, 5.74) is 7.00. The van der Waals surface area contributed by atoms with Crippen LogP contribution in [0, 0.1) is 0 Å². The van der Waals surface area contributed by atoms with Gasteiger partial charge in [0, 0.05) is 23.1 Å². The molecule has 0 atom stereocenters. The van der Waals surface area contributed by atoms with Crippen LogP contribution in [0.5, 0.6) is 5.75 Å². The molecule has 9 nitrogen and oxygen atoms in total. The minimum absolute atomic E-state index is 0.0395. The Bertz CT molecular complexity index is 1210. The Balaban J connectivity index is 1.74. The van der Waals surface area contributed by atoms with Crippen molar-refractivity contribution in [1.82, 2.24) is 4.98 Å². The van der Waals surface area contributed by atoms with Crippen LogP contribution in [0.4, 0.5) is 25.0 Å². The molecule has 2 aromatic carbocycles. The molecule has 1 heterocycles. The fourth-order valence-electron chi connectivity index (χ4n) is 3.07. The van der Waals surface area contributed by atoms with Gasteiger partial charge in [-0.2, -0.15) is 8.78 Å². The molecule has 12 heteroatoms. The van der Waals surface area contributed by atoms with Gasteiger partial charge in [0.25, 0.3) is 5.91 Å². The van der Waals surface area contributed by atoms with Crippen molar-refractivity contribution in [3.63, 3.8) is 0 Å². The first-order chi connectivity index (χ1) is 16.2. The number of nitrogens with one attached hydrogen (secondary N) is 3. The molecule has 0 saturated carbocycles. The van der Waals surface area contributed by atoms with Crippen molar-refractivity contribution < 1.29 is 32.6 Å². The van der Waals surface area contributed by atoms with E-state index in [0.29, 0.717) is 11.3 Å². The van der Waals surface area contributed by atoms with Crippen LogP contribution in [0.2, 0.25) is 5.02 Å². The smallest absolute Gasteiger partial charge is 0.387 e.